The summed E-state index contributed by atoms with van der Waals surface area (Å²) in [4.78, 5) is 10.0. The Morgan fingerprint density at radius 3 is 2.90 bits per heavy atom. The number of nitro benzene ring substituents is 1. The summed E-state index contributed by atoms with van der Waals surface area (Å²) >= 11 is 5.59. The number of benzene rings is 1. The molecule has 0 aliphatic carbocycles. The van der Waals surface area contributed by atoms with Crippen molar-refractivity contribution in [3.63, 3.8) is 0 Å². The smallest absolute Gasteiger partial charge is 0.258 e. The van der Waals surface area contributed by atoms with Crippen LogP contribution in [0.15, 0.2) is 24.4 Å². The molecule has 0 unspecified atom stereocenters. The van der Waals surface area contributed by atoms with Gasteiger partial charge in [-0.15, -0.1) is 16.7 Å². The highest BCUT2D eigenvalue weighted by molar-refractivity contribution is 6.17. The van der Waals surface area contributed by atoms with E-state index in [-0.39, 0.29) is 12.2 Å². The molecule has 106 valence electrons. The molecule has 0 aliphatic heterocycles. The van der Waals surface area contributed by atoms with Crippen molar-refractivity contribution in [3.8, 4) is 0 Å². The molecule has 2 aromatic rings. The lowest BCUT2D eigenvalue weighted by Gasteiger charge is -2.01. The van der Waals surface area contributed by atoms with Crippen molar-refractivity contribution in [2.45, 2.75) is 19.4 Å². The van der Waals surface area contributed by atoms with Gasteiger partial charge in [0, 0.05) is 18.1 Å². The van der Waals surface area contributed by atoms with E-state index in [1.54, 1.807) is 6.20 Å². The minimum Gasteiger partial charge on any atom is -0.258 e. The van der Waals surface area contributed by atoms with E-state index < -0.39 is 10.7 Å². The van der Waals surface area contributed by atoms with Crippen LogP contribution in [0, 0.1) is 15.9 Å². The third kappa shape index (κ3) is 3.74. The van der Waals surface area contributed by atoms with Crippen LogP contribution in [0.3, 0.4) is 0 Å². The van der Waals surface area contributed by atoms with Crippen LogP contribution in [0.1, 0.15) is 17.7 Å². The lowest BCUT2D eigenvalue weighted by Crippen LogP contribution is -2.02. The van der Waals surface area contributed by atoms with Crippen LogP contribution in [0.5, 0.6) is 0 Å². The molecule has 0 bridgehead atoms. The average Bonchev–Trinajstić information content (AvgIpc) is 2.83. The third-order valence-corrected chi connectivity index (χ3v) is 2.92. The maximum absolute atomic E-state index is 13.3. The Kier molecular flexibility index (Phi) is 4.62. The van der Waals surface area contributed by atoms with Gasteiger partial charge in [0.05, 0.1) is 23.2 Å². The zero-order valence-corrected chi connectivity index (χ0v) is 11.3. The molecule has 0 saturated carbocycles. The van der Waals surface area contributed by atoms with Gasteiger partial charge in [0.15, 0.2) is 0 Å². The van der Waals surface area contributed by atoms with E-state index in [9.17, 15) is 14.5 Å². The first kappa shape index (κ1) is 14.4. The van der Waals surface area contributed by atoms with Crippen LogP contribution in [0.2, 0.25) is 0 Å². The SMILES string of the molecule is O=[N+]([O-])c1cc(F)cc(Cn2cc(CCCCl)nn2)c1. The summed E-state index contributed by atoms with van der Waals surface area (Å²) in [7, 11) is 0. The number of rotatable bonds is 6. The highest BCUT2D eigenvalue weighted by Crippen LogP contribution is 2.17. The number of non-ortho nitro benzene ring substituents is 1. The maximum atomic E-state index is 13.3. The molecule has 1 heterocycles. The number of aryl methyl sites for hydroxylation is 1. The molecule has 0 atom stereocenters. The molecule has 0 saturated heterocycles. The van der Waals surface area contributed by atoms with Crippen LogP contribution in [-0.2, 0) is 13.0 Å². The highest BCUT2D eigenvalue weighted by atomic mass is 35.5. The standard InChI is InChI=1S/C12H12ClFN4O2/c13-3-1-2-11-8-17(16-15-11)7-9-4-10(14)6-12(5-9)18(19)20/h4-6,8H,1-3,7H2. The van der Waals surface area contributed by atoms with Gasteiger partial charge < -0.3 is 0 Å². The summed E-state index contributed by atoms with van der Waals surface area (Å²) in [5.74, 6) is -0.0974. The first-order chi connectivity index (χ1) is 9.58. The Bertz CT molecular complexity index is 617. The zero-order chi connectivity index (χ0) is 14.5. The number of alkyl halides is 1. The van der Waals surface area contributed by atoms with Crippen LogP contribution in [-0.4, -0.2) is 25.8 Å². The number of aromatic nitrogens is 3. The van der Waals surface area contributed by atoms with E-state index in [4.69, 9.17) is 11.6 Å². The molecule has 1 aromatic heterocycles. The molecular weight excluding hydrogens is 287 g/mol. The van der Waals surface area contributed by atoms with Crippen LogP contribution in [0.4, 0.5) is 10.1 Å². The quantitative estimate of drug-likeness (QED) is 0.466. The Hall–Kier alpha value is -2.02. The monoisotopic (exact) mass is 298 g/mol. The van der Waals surface area contributed by atoms with E-state index >= 15 is 0 Å². The molecule has 0 amide bonds. The zero-order valence-electron chi connectivity index (χ0n) is 10.5. The second kappa shape index (κ2) is 6.42. The van der Waals surface area contributed by atoms with Crippen LogP contribution < -0.4 is 0 Å². The number of hydrogen-bond acceptors (Lipinski definition) is 4. The number of halogens is 2. The Morgan fingerprint density at radius 2 is 2.20 bits per heavy atom. The van der Waals surface area contributed by atoms with Gasteiger partial charge in [-0.05, 0) is 24.5 Å². The number of nitrogens with zero attached hydrogens (tertiary/aromatic N) is 4. The van der Waals surface area contributed by atoms with Gasteiger partial charge in [0.25, 0.3) is 5.69 Å². The van der Waals surface area contributed by atoms with Crippen molar-refractivity contribution in [2.24, 2.45) is 0 Å². The summed E-state index contributed by atoms with van der Waals surface area (Å²) in [5.41, 5.74) is 0.976. The summed E-state index contributed by atoms with van der Waals surface area (Å²) in [6.45, 7) is 0.229. The van der Waals surface area contributed by atoms with E-state index in [1.807, 2.05) is 0 Å². The predicted octanol–water partition coefficient (Wildman–Crippen LogP) is 2.55. The van der Waals surface area contributed by atoms with Gasteiger partial charge in [-0.1, -0.05) is 5.21 Å². The molecule has 0 radical (unpaired) electrons. The molecule has 0 fully saturated rings. The van der Waals surface area contributed by atoms with E-state index in [2.05, 4.69) is 10.3 Å². The minimum atomic E-state index is -0.642. The fraction of sp³-hybridized carbons (Fsp3) is 0.333. The fourth-order valence-electron chi connectivity index (χ4n) is 1.80. The van der Waals surface area contributed by atoms with Crippen molar-refractivity contribution in [3.05, 3.63) is 51.6 Å². The van der Waals surface area contributed by atoms with Crippen molar-refractivity contribution in [1.29, 1.82) is 0 Å². The summed E-state index contributed by atoms with van der Waals surface area (Å²) in [5, 5.41) is 18.5. The second-order valence-corrected chi connectivity index (χ2v) is 4.65. The molecular formula is C12H12ClFN4O2. The third-order valence-electron chi connectivity index (χ3n) is 2.65. The number of nitro groups is 1. The molecule has 2 rings (SSSR count). The van der Waals surface area contributed by atoms with Crippen LogP contribution >= 0.6 is 11.6 Å². The minimum absolute atomic E-state index is 0.229. The second-order valence-electron chi connectivity index (χ2n) is 4.27. The summed E-state index contributed by atoms with van der Waals surface area (Å²) in [6, 6.07) is 3.45. The van der Waals surface area contributed by atoms with Gasteiger partial charge in [-0.25, -0.2) is 9.07 Å². The molecule has 1 aromatic carbocycles. The number of hydrogen-bond donors (Lipinski definition) is 0. The van der Waals surface area contributed by atoms with Crippen molar-refractivity contribution < 1.29 is 9.31 Å². The first-order valence-electron chi connectivity index (χ1n) is 5.97. The van der Waals surface area contributed by atoms with Crippen molar-refractivity contribution >= 4 is 17.3 Å². The van der Waals surface area contributed by atoms with Gasteiger partial charge >= 0.3 is 0 Å². The average molecular weight is 299 g/mol. The molecule has 20 heavy (non-hydrogen) atoms. The summed E-state index contributed by atoms with van der Waals surface area (Å²) in [6.07, 6.45) is 3.24. The highest BCUT2D eigenvalue weighted by Gasteiger charge is 2.10. The topological polar surface area (TPSA) is 73.8 Å². The Labute approximate surface area is 119 Å². The van der Waals surface area contributed by atoms with E-state index in [0.29, 0.717) is 17.9 Å². The molecule has 8 heteroatoms. The van der Waals surface area contributed by atoms with E-state index in [1.165, 1.54) is 16.8 Å². The molecule has 0 aliphatic rings. The Balaban J connectivity index is 2.13. The Morgan fingerprint density at radius 1 is 1.40 bits per heavy atom. The molecule has 0 spiro atoms. The molecule has 0 N–H and O–H groups in total. The lowest BCUT2D eigenvalue weighted by atomic mass is 10.2. The van der Waals surface area contributed by atoms with Crippen LogP contribution in [0.25, 0.3) is 0 Å². The first-order valence-corrected chi connectivity index (χ1v) is 6.51. The molecule has 6 nitrogen and oxygen atoms in total. The van der Waals surface area contributed by atoms with Gasteiger partial charge in [0.1, 0.15) is 5.82 Å². The van der Waals surface area contributed by atoms with Gasteiger partial charge in [-0.2, -0.15) is 0 Å². The maximum Gasteiger partial charge on any atom is 0.272 e. The lowest BCUT2D eigenvalue weighted by molar-refractivity contribution is -0.385. The van der Waals surface area contributed by atoms with Crippen molar-refractivity contribution in [2.75, 3.05) is 5.88 Å². The van der Waals surface area contributed by atoms with Gasteiger partial charge in [-0.3, -0.25) is 10.1 Å². The van der Waals surface area contributed by atoms with Crippen molar-refractivity contribution in [1.82, 2.24) is 15.0 Å². The summed E-state index contributed by atoms with van der Waals surface area (Å²) < 4.78 is 14.8. The fourth-order valence-corrected chi connectivity index (χ4v) is 1.93. The largest absolute Gasteiger partial charge is 0.272 e. The van der Waals surface area contributed by atoms with E-state index in [0.717, 1.165) is 18.2 Å². The normalized spacial score (nSPS) is 10.7. The van der Waals surface area contributed by atoms with Gasteiger partial charge in [0.2, 0.25) is 0 Å². The predicted molar refractivity (Wildman–Crippen MR) is 71.2 cm³/mol.